The van der Waals surface area contributed by atoms with Crippen LogP contribution in [0.2, 0.25) is 0 Å². The van der Waals surface area contributed by atoms with Gasteiger partial charge in [-0.15, -0.1) is 0 Å². The van der Waals surface area contributed by atoms with Crippen LogP contribution < -0.4 is 0 Å². The number of piperazine rings is 1. The number of amides is 2. The molecule has 0 aromatic carbocycles. The van der Waals surface area contributed by atoms with Crippen molar-refractivity contribution in [3.05, 3.63) is 0 Å². The summed E-state index contributed by atoms with van der Waals surface area (Å²) in [4.78, 5) is 38.8. The van der Waals surface area contributed by atoms with E-state index in [0.29, 0.717) is 45.6 Å². The van der Waals surface area contributed by atoms with Crippen LogP contribution in [0.5, 0.6) is 0 Å². The molecule has 22 heavy (non-hydrogen) atoms. The van der Waals surface area contributed by atoms with E-state index < -0.39 is 17.8 Å². The molecule has 1 N–H and O–H groups in total. The molecule has 0 aromatic rings. The molecule has 7 heteroatoms. The predicted molar refractivity (Wildman–Crippen MR) is 78.3 cm³/mol. The summed E-state index contributed by atoms with van der Waals surface area (Å²) < 4.78 is 4.95. The maximum absolute atomic E-state index is 12.6. The molecule has 1 aliphatic carbocycles. The SMILES string of the molecule is CCOC(=O)N1CCN(C(=O)[C@H]2CCCC[C@@H]2C(=O)O)CC1. The van der Waals surface area contributed by atoms with E-state index in [-0.39, 0.29) is 12.0 Å². The molecule has 2 fully saturated rings. The molecule has 7 nitrogen and oxygen atoms in total. The topological polar surface area (TPSA) is 87.2 Å². The van der Waals surface area contributed by atoms with Gasteiger partial charge in [-0.25, -0.2) is 4.79 Å². The van der Waals surface area contributed by atoms with Crippen LogP contribution in [0, 0.1) is 11.8 Å². The summed E-state index contributed by atoms with van der Waals surface area (Å²) in [7, 11) is 0. The highest BCUT2D eigenvalue weighted by Gasteiger charge is 2.38. The van der Waals surface area contributed by atoms with Gasteiger partial charge in [0.25, 0.3) is 0 Å². The first-order valence-corrected chi connectivity index (χ1v) is 7.98. The Morgan fingerprint density at radius 3 is 2.09 bits per heavy atom. The number of carboxylic acids is 1. The number of carboxylic acid groups (broad SMARTS) is 1. The van der Waals surface area contributed by atoms with Crippen LogP contribution >= 0.6 is 0 Å². The number of nitrogens with zero attached hydrogens (tertiary/aromatic N) is 2. The minimum absolute atomic E-state index is 0.0735. The van der Waals surface area contributed by atoms with Crippen LogP contribution in [-0.2, 0) is 14.3 Å². The van der Waals surface area contributed by atoms with E-state index in [2.05, 4.69) is 0 Å². The van der Waals surface area contributed by atoms with Crippen molar-refractivity contribution in [2.45, 2.75) is 32.6 Å². The molecule has 0 bridgehead atoms. The molecule has 0 unspecified atom stereocenters. The molecule has 2 aliphatic rings. The summed E-state index contributed by atoms with van der Waals surface area (Å²) in [6, 6.07) is 0. The van der Waals surface area contributed by atoms with Gasteiger partial charge in [-0.1, -0.05) is 12.8 Å². The second-order valence-electron chi connectivity index (χ2n) is 5.85. The monoisotopic (exact) mass is 312 g/mol. The van der Waals surface area contributed by atoms with Crippen LogP contribution in [0.15, 0.2) is 0 Å². The Balaban J connectivity index is 1.91. The lowest BCUT2D eigenvalue weighted by Gasteiger charge is -2.38. The molecule has 2 amide bonds. The zero-order valence-electron chi connectivity index (χ0n) is 13.0. The standard InChI is InChI=1S/C15H24N2O5/c1-2-22-15(21)17-9-7-16(8-10-17)13(18)11-5-3-4-6-12(11)14(19)20/h11-12H,2-10H2,1H3,(H,19,20)/t11-,12-/m0/s1. The van der Waals surface area contributed by atoms with Gasteiger partial charge in [0.15, 0.2) is 0 Å². The average Bonchev–Trinajstić information content (AvgIpc) is 2.54. The second kappa shape index (κ2) is 7.47. The van der Waals surface area contributed by atoms with Gasteiger partial charge in [-0.2, -0.15) is 0 Å². The summed E-state index contributed by atoms with van der Waals surface area (Å²) >= 11 is 0. The Bertz CT molecular complexity index is 432. The van der Waals surface area contributed by atoms with Gasteiger partial charge in [0.1, 0.15) is 0 Å². The lowest BCUT2D eigenvalue weighted by atomic mass is 9.78. The minimum atomic E-state index is -0.872. The van der Waals surface area contributed by atoms with Crippen LogP contribution in [0.3, 0.4) is 0 Å². The molecule has 1 heterocycles. The third-order valence-corrected chi connectivity index (χ3v) is 4.52. The van der Waals surface area contributed by atoms with Crippen molar-refractivity contribution in [1.29, 1.82) is 0 Å². The van der Waals surface area contributed by atoms with Crippen molar-refractivity contribution in [3.8, 4) is 0 Å². The second-order valence-corrected chi connectivity index (χ2v) is 5.85. The van der Waals surface area contributed by atoms with Crippen LogP contribution in [-0.4, -0.2) is 65.7 Å². The van der Waals surface area contributed by atoms with E-state index >= 15 is 0 Å². The van der Waals surface area contributed by atoms with Crippen molar-refractivity contribution in [2.24, 2.45) is 11.8 Å². The van der Waals surface area contributed by atoms with Crippen molar-refractivity contribution in [1.82, 2.24) is 9.80 Å². The Hall–Kier alpha value is -1.79. The largest absolute Gasteiger partial charge is 0.481 e. The molecule has 124 valence electrons. The highest BCUT2D eigenvalue weighted by Crippen LogP contribution is 2.32. The number of aliphatic carboxylic acids is 1. The molecule has 1 aliphatic heterocycles. The maximum atomic E-state index is 12.6. The minimum Gasteiger partial charge on any atom is -0.481 e. The zero-order valence-corrected chi connectivity index (χ0v) is 13.0. The maximum Gasteiger partial charge on any atom is 0.409 e. The fraction of sp³-hybridized carbons (Fsp3) is 0.800. The Labute approximate surface area is 130 Å². The van der Waals surface area contributed by atoms with E-state index in [9.17, 15) is 19.5 Å². The Morgan fingerprint density at radius 1 is 1.00 bits per heavy atom. The highest BCUT2D eigenvalue weighted by atomic mass is 16.6. The lowest BCUT2D eigenvalue weighted by Crippen LogP contribution is -2.53. The van der Waals surface area contributed by atoms with Crippen LogP contribution in [0.25, 0.3) is 0 Å². The molecule has 1 saturated heterocycles. The molecule has 0 aromatic heterocycles. The Kier molecular flexibility index (Phi) is 5.63. The third kappa shape index (κ3) is 3.69. The molecule has 1 saturated carbocycles. The molecular weight excluding hydrogens is 288 g/mol. The normalized spacial score (nSPS) is 25.7. The molecule has 0 radical (unpaired) electrons. The van der Waals surface area contributed by atoms with E-state index in [1.54, 1.807) is 16.7 Å². The summed E-state index contributed by atoms with van der Waals surface area (Å²) in [5.41, 5.74) is 0. The number of carbonyl (C=O) groups excluding carboxylic acids is 2. The first kappa shape index (κ1) is 16.6. The smallest absolute Gasteiger partial charge is 0.409 e. The number of hydrogen-bond donors (Lipinski definition) is 1. The molecule has 2 rings (SSSR count). The van der Waals surface area contributed by atoms with Gasteiger partial charge < -0.3 is 19.6 Å². The average molecular weight is 312 g/mol. The predicted octanol–water partition coefficient (Wildman–Crippen LogP) is 1.18. The van der Waals surface area contributed by atoms with E-state index in [1.165, 1.54) is 0 Å². The number of carbonyl (C=O) groups is 3. The quantitative estimate of drug-likeness (QED) is 0.845. The zero-order chi connectivity index (χ0) is 16.1. The van der Waals surface area contributed by atoms with Crippen molar-refractivity contribution >= 4 is 18.0 Å². The van der Waals surface area contributed by atoms with Gasteiger partial charge in [0.05, 0.1) is 18.4 Å². The summed E-state index contributed by atoms with van der Waals surface area (Å²) in [6.45, 7) is 3.86. The number of hydrogen-bond acceptors (Lipinski definition) is 4. The first-order valence-electron chi connectivity index (χ1n) is 7.98. The van der Waals surface area contributed by atoms with Crippen LogP contribution in [0.1, 0.15) is 32.6 Å². The van der Waals surface area contributed by atoms with Crippen molar-refractivity contribution < 1.29 is 24.2 Å². The van der Waals surface area contributed by atoms with Gasteiger partial charge in [0, 0.05) is 26.2 Å². The van der Waals surface area contributed by atoms with Crippen molar-refractivity contribution in [2.75, 3.05) is 32.8 Å². The number of rotatable bonds is 3. The summed E-state index contributed by atoms with van der Waals surface area (Å²) in [5.74, 6) is -1.93. The molecular formula is C15H24N2O5. The molecule has 0 spiro atoms. The fourth-order valence-electron chi connectivity index (χ4n) is 3.28. The summed E-state index contributed by atoms with van der Waals surface area (Å²) in [5, 5.41) is 9.29. The molecule has 2 atom stereocenters. The van der Waals surface area contributed by atoms with E-state index in [0.717, 1.165) is 12.8 Å². The first-order chi connectivity index (χ1) is 10.5. The van der Waals surface area contributed by atoms with Crippen LogP contribution in [0.4, 0.5) is 4.79 Å². The van der Waals surface area contributed by atoms with Crippen molar-refractivity contribution in [3.63, 3.8) is 0 Å². The number of ether oxygens (including phenoxy) is 1. The lowest BCUT2D eigenvalue weighted by molar-refractivity contribution is -0.153. The highest BCUT2D eigenvalue weighted by molar-refractivity contribution is 5.85. The van der Waals surface area contributed by atoms with E-state index in [1.807, 2.05) is 0 Å². The van der Waals surface area contributed by atoms with Gasteiger partial charge in [0.2, 0.25) is 5.91 Å². The van der Waals surface area contributed by atoms with E-state index in [4.69, 9.17) is 4.74 Å². The Morgan fingerprint density at radius 2 is 1.55 bits per heavy atom. The van der Waals surface area contributed by atoms with Gasteiger partial charge in [-0.05, 0) is 19.8 Å². The summed E-state index contributed by atoms with van der Waals surface area (Å²) in [6.07, 6.45) is 2.65. The fourth-order valence-corrected chi connectivity index (χ4v) is 3.28. The van der Waals surface area contributed by atoms with Gasteiger partial charge in [-0.3, -0.25) is 9.59 Å². The third-order valence-electron chi connectivity index (χ3n) is 4.52. The van der Waals surface area contributed by atoms with Gasteiger partial charge >= 0.3 is 12.1 Å².